The molecular weight excluding hydrogens is 392 g/mol. The zero-order valence-electron chi connectivity index (χ0n) is 16.1. The lowest BCUT2D eigenvalue weighted by Crippen LogP contribution is -2.48. The molecule has 0 saturated carbocycles. The van der Waals surface area contributed by atoms with E-state index in [0.717, 1.165) is 30.2 Å². The third-order valence-corrected chi connectivity index (χ3v) is 5.56. The number of ether oxygens (including phenoxy) is 1. The molecular formula is C22H21ClN2O4. The van der Waals surface area contributed by atoms with Crippen LogP contribution < -0.4 is 10.4 Å². The SMILES string of the molecule is COc1ccc2c(C(=O)N3CCN(Cc4ccccc4Cl)CC3)cc(=O)oc2c1. The van der Waals surface area contributed by atoms with Gasteiger partial charge in [-0.25, -0.2) is 4.79 Å². The van der Waals surface area contributed by atoms with E-state index in [0.29, 0.717) is 35.4 Å². The van der Waals surface area contributed by atoms with Crippen molar-refractivity contribution in [2.75, 3.05) is 33.3 Å². The van der Waals surface area contributed by atoms with Crippen LogP contribution in [0.2, 0.25) is 5.02 Å². The third-order valence-electron chi connectivity index (χ3n) is 5.19. The van der Waals surface area contributed by atoms with E-state index < -0.39 is 5.63 Å². The van der Waals surface area contributed by atoms with Crippen LogP contribution in [0.15, 0.2) is 57.7 Å². The van der Waals surface area contributed by atoms with Gasteiger partial charge in [-0.1, -0.05) is 29.8 Å². The molecule has 0 radical (unpaired) electrons. The monoisotopic (exact) mass is 412 g/mol. The van der Waals surface area contributed by atoms with E-state index in [1.807, 2.05) is 24.3 Å². The second kappa shape index (κ2) is 8.27. The van der Waals surface area contributed by atoms with Gasteiger partial charge < -0.3 is 14.1 Å². The first-order valence-electron chi connectivity index (χ1n) is 9.42. The van der Waals surface area contributed by atoms with Gasteiger partial charge in [0.15, 0.2) is 0 Å². The molecule has 29 heavy (non-hydrogen) atoms. The number of halogens is 1. The van der Waals surface area contributed by atoms with Crippen molar-refractivity contribution < 1.29 is 13.9 Å². The van der Waals surface area contributed by atoms with E-state index in [9.17, 15) is 9.59 Å². The van der Waals surface area contributed by atoms with Crippen molar-refractivity contribution in [3.05, 3.63) is 75.1 Å². The van der Waals surface area contributed by atoms with E-state index in [1.165, 1.54) is 13.2 Å². The lowest BCUT2D eigenvalue weighted by molar-refractivity contribution is 0.0629. The highest BCUT2D eigenvalue weighted by molar-refractivity contribution is 6.31. The summed E-state index contributed by atoms with van der Waals surface area (Å²) in [5.74, 6) is 0.406. The summed E-state index contributed by atoms with van der Waals surface area (Å²) in [4.78, 5) is 29.1. The molecule has 1 saturated heterocycles. The van der Waals surface area contributed by atoms with E-state index in [-0.39, 0.29) is 5.91 Å². The van der Waals surface area contributed by atoms with Crippen LogP contribution in [0.3, 0.4) is 0 Å². The molecule has 0 spiro atoms. The molecule has 0 bridgehead atoms. The molecule has 150 valence electrons. The van der Waals surface area contributed by atoms with Crippen LogP contribution in [0.25, 0.3) is 11.0 Å². The molecule has 4 rings (SSSR count). The molecule has 3 aromatic rings. The van der Waals surface area contributed by atoms with E-state index in [1.54, 1.807) is 23.1 Å². The van der Waals surface area contributed by atoms with Crippen LogP contribution in [0.5, 0.6) is 5.75 Å². The standard InChI is InChI=1S/C22H21ClN2O4/c1-28-16-6-7-17-18(13-21(26)29-20(17)12-16)22(27)25-10-8-24(9-11-25)14-15-4-2-3-5-19(15)23/h2-7,12-13H,8-11,14H2,1H3. The number of rotatable bonds is 4. The largest absolute Gasteiger partial charge is 0.497 e. The number of hydrogen-bond acceptors (Lipinski definition) is 5. The molecule has 6 nitrogen and oxygen atoms in total. The maximum atomic E-state index is 13.1. The number of benzene rings is 2. The Balaban J connectivity index is 1.50. The van der Waals surface area contributed by atoms with E-state index in [2.05, 4.69) is 4.90 Å². The Morgan fingerprint density at radius 3 is 2.59 bits per heavy atom. The maximum Gasteiger partial charge on any atom is 0.337 e. The Morgan fingerprint density at radius 2 is 1.86 bits per heavy atom. The maximum absolute atomic E-state index is 13.1. The zero-order valence-corrected chi connectivity index (χ0v) is 16.8. The van der Waals surface area contributed by atoms with Gasteiger partial charge in [-0.05, 0) is 23.8 Å². The van der Waals surface area contributed by atoms with Gasteiger partial charge in [-0.2, -0.15) is 0 Å². The van der Waals surface area contributed by atoms with Crippen molar-refractivity contribution in [1.82, 2.24) is 9.80 Å². The van der Waals surface area contributed by atoms with Crippen molar-refractivity contribution >= 4 is 28.5 Å². The predicted molar refractivity (Wildman–Crippen MR) is 112 cm³/mol. The number of carbonyl (C=O) groups excluding carboxylic acids is 1. The van der Waals surface area contributed by atoms with Crippen LogP contribution in [-0.2, 0) is 6.54 Å². The molecule has 0 atom stereocenters. The minimum absolute atomic E-state index is 0.162. The summed E-state index contributed by atoms with van der Waals surface area (Å²) < 4.78 is 10.4. The summed E-state index contributed by atoms with van der Waals surface area (Å²) in [6.07, 6.45) is 0. The number of methoxy groups -OCH3 is 1. The number of amides is 1. The Kier molecular flexibility index (Phi) is 5.56. The third kappa shape index (κ3) is 4.13. The first-order chi connectivity index (χ1) is 14.0. The fourth-order valence-corrected chi connectivity index (χ4v) is 3.79. The van der Waals surface area contributed by atoms with E-state index >= 15 is 0 Å². The summed E-state index contributed by atoms with van der Waals surface area (Å²) in [5, 5.41) is 1.36. The zero-order chi connectivity index (χ0) is 20.4. The molecule has 0 N–H and O–H groups in total. The number of hydrogen-bond donors (Lipinski definition) is 0. The fourth-order valence-electron chi connectivity index (χ4n) is 3.59. The minimum Gasteiger partial charge on any atom is -0.497 e. The van der Waals surface area contributed by atoms with Crippen molar-refractivity contribution in [3.63, 3.8) is 0 Å². The van der Waals surface area contributed by atoms with Gasteiger partial charge in [0.05, 0.1) is 12.7 Å². The Bertz CT molecular complexity index is 1100. The first kappa shape index (κ1) is 19.5. The van der Waals surface area contributed by atoms with E-state index in [4.69, 9.17) is 20.8 Å². The molecule has 1 aliphatic heterocycles. The number of carbonyl (C=O) groups is 1. The number of fused-ring (bicyclic) bond motifs is 1. The van der Waals surface area contributed by atoms with Gasteiger partial charge in [-0.15, -0.1) is 0 Å². The molecule has 2 aromatic carbocycles. The molecule has 1 amide bonds. The van der Waals surface area contributed by atoms with Crippen LogP contribution in [0.4, 0.5) is 0 Å². The minimum atomic E-state index is -0.550. The van der Waals surface area contributed by atoms with Gasteiger partial charge in [0, 0.05) is 55.3 Å². The molecule has 1 fully saturated rings. The van der Waals surface area contributed by atoms with Gasteiger partial charge in [0.2, 0.25) is 0 Å². The summed E-state index contributed by atoms with van der Waals surface area (Å²) in [6.45, 7) is 3.40. The van der Waals surface area contributed by atoms with Crippen molar-refractivity contribution in [2.24, 2.45) is 0 Å². The highest BCUT2D eigenvalue weighted by atomic mass is 35.5. The average molecular weight is 413 g/mol. The van der Waals surface area contributed by atoms with Gasteiger partial charge in [-0.3, -0.25) is 9.69 Å². The van der Waals surface area contributed by atoms with Crippen LogP contribution in [0, 0.1) is 0 Å². The van der Waals surface area contributed by atoms with Crippen LogP contribution in [-0.4, -0.2) is 49.0 Å². The van der Waals surface area contributed by atoms with Crippen molar-refractivity contribution in [3.8, 4) is 5.75 Å². The van der Waals surface area contributed by atoms with Gasteiger partial charge in [0.25, 0.3) is 5.91 Å². The van der Waals surface area contributed by atoms with Crippen LogP contribution >= 0.6 is 11.6 Å². The predicted octanol–water partition coefficient (Wildman–Crippen LogP) is 3.41. The lowest BCUT2D eigenvalue weighted by atomic mass is 10.1. The molecule has 0 aliphatic carbocycles. The first-order valence-corrected chi connectivity index (χ1v) is 9.80. The summed E-state index contributed by atoms with van der Waals surface area (Å²) in [7, 11) is 1.54. The highest BCUT2D eigenvalue weighted by Crippen LogP contribution is 2.24. The highest BCUT2D eigenvalue weighted by Gasteiger charge is 2.24. The van der Waals surface area contributed by atoms with Crippen LogP contribution in [0.1, 0.15) is 15.9 Å². The molecule has 0 unspecified atom stereocenters. The van der Waals surface area contributed by atoms with Crippen molar-refractivity contribution in [1.29, 1.82) is 0 Å². The Morgan fingerprint density at radius 1 is 1.10 bits per heavy atom. The smallest absolute Gasteiger partial charge is 0.337 e. The molecule has 1 aliphatic rings. The average Bonchev–Trinajstić information content (AvgIpc) is 2.74. The number of piperazine rings is 1. The second-order valence-corrected chi connectivity index (χ2v) is 7.41. The van der Waals surface area contributed by atoms with Gasteiger partial charge in [0.1, 0.15) is 11.3 Å². The Hall–Kier alpha value is -2.83. The summed E-state index contributed by atoms with van der Waals surface area (Å²) in [6, 6.07) is 14.2. The fraction of sp³-hybridized carbons (Fsp3) is 0.273. The van der Waals surface area contributed by atoms with Gasteiger partial charge >= 0.3 is 5.63 Å². The molecule has 2 heterocycles. The summed E-state index contributed by atoms with van der Waals surface area (Å²) in [5.41, 5.74) is 1.23. The number of nitrogens with zero attached hydrogens (tertiary/aromatic N) is 2. The normalized spacial score (nSPS) is 14.9. The molecule has 7 heteroatoms. The molecule has 1 aromatic heterocycles. The lowest BCUT2D eigenvalue weighted by Gasteiger charge is -2.35. The Labute approximate surface area is 173 Å². The quantitative estimate of drug-likeness (QED) is 0.614. The topological polar surface area (TPSA) is 63.0 Å². The van der Waals surface area contributed by atoms with Crippen molar-refractivity contribution in [2.45, 2.75) is 6.54 Å². The summed E-state index contributed by atoms with van der Waals surface area (Å²) >= 11 is 6.26. The second-order valence-electron chi connectivity index (χ2n) is 7.00.